The Morgan fingerprint density at radius 1 is 1.00 bits per heavy atom. The van der Waals surface area contributed by atoms with E-state index in [0.29, 0.717) is 24.7 Å². The summed E-state index contributed by atoms with van der Waals surface area (Å²) in [6.07, 6.45) is -3.00. The zero-order valence-electron chi connectivity index (χ0n) is 14.7. The number of halogens is 4. The smallest absolute Gasteiger partial charge is 0.368 e. The molecule has 3 aromatic rings. The number of hydrogen-bond donors (Lipinski definition) is 1. The van der Waals surface area contributed by atoms with E-state index < -0.39 is 11.9 Å². The maximum Gasteiger partial charge on any atom is 0.435 e. The lowest BCUT2D eigenvalue weighted by molar-refractivity contribution is -0.141. The average molecular weight is 395 g/mol. The monoisotopic (exact) mass is 395 g/mol. The summed E-state index contributed by atoms with van der Waals surface area (Å²) in [5.74, 6) is 0.256. The Labute approximate surface area is 157 Å². The molecule has 1 aliphatic heterocycles. The average Bonchev–Trinajstić information content (AvgIpc) is 3.32. The van der Waals surface area contributed by atoms with Gasteiger partial charge in [0.25, 0.3) is 0 Å². The second kappa shape index (κ2) is 7.13. The third kappa shape index (κ3) is 3.92. The third-order valence-corrected chi connectivity index (χ3v) is 4.53. The topological polar surface area (TPSA) is 65.9 Å². The van der Waals surface area contributed by atoms with Crippen molar-refractivity contribution >= 4 is 11.6 Å². The number of aromatic nitrogens is 5. The summed E-state index contributed by atoms with van der Waals surface area (Å²) in [4.78, 5) is 8.41. The first-order valence-corrected chi connectivity index (χ1v) is 8.65. The highest BCUT2D eigenvalue weighted by molar-refractivity contribution is 5.48. The first-order valence-electron chi connectivity index (χ1n) is 8.65. The number of hydrogen-bond acceptors (Lipinski definition) is 5. The van der Waals surface area contributed by atoms with Crippen LogP contribution in [0.15, 0.2) is 36.7 Å². The molecule has 0 amide bonds. The molecule has 28 heavy (non-hydrogen) atoms. The van der Waals surface area contributed by atoms with Gasteiger partial charge in [-0.2, -0.15) is 18.3 Å². The number of nitrogens with one attached hydrogen (secondary N) is 1. The SMILES string of the molecule is Fc1ccc(N2CCN(c3ncn(Cc4cc(C(F)(F)F)n[nH]4)n3)CC2)cc1. The van der Waals surface area contributed by atoms with E-state index in [2.05, 4.69) is 25.2 Å². The summed E-state index contributed by atoms with van der Waals surface area (Å²) < 4.78 is 52.4. The molecule has 1 fully saturated rings. The molecule has 1 N–H and O–H groups in total. The number of piperazine rings is 1. The van der Waals surface area contributed by atoms with Crippen molar-refractivity contribution in [3.63, 3.8) is 0 Å². The van der Waals surface area contributed by atoms with Gasteiger partial charge in [-0.15, -0.1) is 5.10 Å². The van der Waals surface area contributed by atoms with Crippen molar-refractivity contribution in [1.82, 2.24) is 25.0 Å². The van der Waals surface area contributed by atoms with Crippen LogP contribution in [0.1, 0.15) is 11.4 Å². The molecule has 0 unspecified atom stereocenters. The van der Waals surface area contributed by atoms with Gasteiger partial charge in [0.1, 0.15) is 12.1 Å². The first-order chi connectivity index (χ1) is 13.4. The predicted molar refractivity (Wildman–Crippen MR) is 93.5 cm³/mol. The van der Waals surface area contributed by atoms with E-state index in [1.54, 1.807) is 12.1 Å². The second-order valence-corrected chi connectivity index (χ2v) is 6.47. The molecule has 2 aromatic heterocycles. The molecule has 0 atom stereocenters. The first kappa shape index (κ1) is 18.3. The Morgan fingerprint density at radius 3 is 2.32 bits per heavy atom. The normalized spacial score (nSPS) is 15.3. The quantitative estimate of drug-likeness (QED) is 0.688. The summed E-state index contributed by atoms with van der Waals surface area (Å²) in [5.41, 5.74) is 0.295. The minimum atomic E-state index is -4.48. The van der Waals surface area contributed by atoms with Crippen molar-refractivity contribution in [2.75, 3.05) is 36.0 Å². The van der Waals surface area contributed by atoms with Gasteiger partial charge in [0.15, 0.2) is 5.69 Å². The van der Waals surface area contributed by atoms with Crippen molar-refractivity contribution in [2.45, 2.75) is 12.7 Å². The lowest BCUT2D eigenvalue weighted by atomic mass is 10.2. The number of H-pyrrole nitrogens is 1. The van der Waals surface area contributed by atoms with Gasteiger partial charge in [-0.05, 0) is 30.3 Å². The maximum atomic E-state index is 13.0. The van der Waals surface area contributed by atoms with Gasteiger partial charge in [0.05, 0.1) is 12.2 Å². The van der Waals surface area contributed by atoms with E-state index in [0.717, 1.165) is 24.8 Å². The van der Waals surface area contributed by atoms with Crippen LogP contribution >= 0.6 is 0 Å². The number of rotatable bonds is 4. The maximum absolute atomic E-state index is 13.0. The largest absolute Gasteiger partial charge is 0.435 e. The summed E-state index contributed by atoms with van der Waals surface area (Å²) in [5, 5.41) is 9.99. The van der Waals surface area contributed by atoms with Crippen molar-refractivity contribution in [3.05, 3.63) is 53.9 Å². The standard InChI is InChI=1S/C17H17F4N7/c18-12-1-3-14(4-2-12)26-5-7-27(8-6-26)16-22-11-28(25-16)10-13-9-15(24-23-13)17(19,20)21/h1-4,9,11H,5-8,10H2,(H,23,24). The van der Waals surface area contributed by atoms with Crippen LogP contribution in [0.25, 0.3) is 0 Å². The molecule has 1 aliphatic rings. The van der Waals surface area contributed by atoms with Gasteiger partial charge in [-0.25, -0.2) is 14.1 Å². The molecule has 4 rings (SSSR count). The van der Waals surface area contributed by atoms with Gasteiger partial charge in [-0.1, -0.05) is 0 Å². The van der Waals surface area contributed by atoms with Crippen LogP contribution < -0.4 is 9.80 Å². The second-order valence-electron chi connectivity index (χ2n) is 6.47. The molecule has 148 valence electrons. The van der Waals surface area contributed by atoms with Crippen LogP contribution in [0.5, 0.6) is 0 Å². The van der Waals surface area contributed by atoms with Crippen molar-refractivity contribution in [1.29, 1.82) is 0 Å². The van der Waals surface area contributed by atoms with Gasteiger partial charge >= 0.3 is 6.18 Å². The molecule has 3 heterocycles. The van der Waals surface area contributed by atoms with Gasteiger partial charge in [0, 0.05) is 31.9 Å². The molecule has 0 bridgehead atoms. The Kier molecular flexibility index (Phi) is 4.65. The van der Waals surface area contributed by atoms with E-state index in [1.165, 1.54) is 23.1 Å². The third-order valence-electron chi connectivity index (χ3n) is 4.53. The fraction of sp³-hybridized carbons (Fsp3) is 0.353. The van der Waals surface area contributed by atoms with E-state index >= 15 is 0 Å². The van der Waals surface area contributed by atoms with Gasteiger partial charge in [0.2, 0.25) is 5.95 Å². The Bertz CT molecular complexity index is 924. The molecular weight excluding hydrogens is 378 g/mol. The minimum Gasteiger partial charge on any atom is -0.368 e. The summed E-state index contributed by atoms with van der Waals surface area (Å²) in [7, 11) is 0. The van der Waals surface area contributed by atoms with Crippen LogP contribution in [0.2, 0.25) is 0 Å². The predicted octanol–water partition coefficient (Wildman–Crippen LogP) is 2.53. The Hall–Kier alpha value is -3.11. The summed E-state index contributed by atoms with van der Waals surface area (Å²) in [6, 6.07) is 7.33. The van der Waals surface area contributed by atoms with E-state index in [1.807, 2.05) is 4.90 Å². The zero-order chi connectivity index (χ0) is 19.7. The fourth-order valence-corrected chi connectivity index (χ4v) is 3.08. The van der Waals surface area contributed by atoms with Crippen LogP contribution in [-0.4, -0.2) is 51.1 Å². The van der Waals surface area contributed by atoms with Crippen LogP contribution in [0.3, 0.4) is 0 Å². The van der Waals surface area contributed by atoms with E-state index in [4.69, 9.17) is 0 Å². The number of benzene rings is 1. The minimum absolute atomic E-state index is 0.117. The highest BCUT2D eigenvalue weighted by atomic mass is 19.4. The summed E-state index contributed by atoms with van der Waals surface area (Å²) in [6.45, 7) is 2.95. The number of nitrogens with zero attached hydrogens (tertiary/aromatic N) is 6. The molecule has 7 nitrogen and oxygen atoms in total. The molecular formula is C17H17F4N7. The van der Waals surface area contributed by atoms with Gasteiger partial charge < -0.3 is 9.80 Å². The van der Waals surface area contributed by atoms with Crippen LogP contribution in [0, 0.1) is 5.82 Å². The molecule has 11 heteroatoms. The lowest BCUT2D eigenvalue weighted by Crippen LogP contribution is -2.47. The Balaban J connectivity index is 1.36. The lowest BCUT2D eigenvalue weighted by Gasteiger charge is -2.35. The van der Waals surface area contributed by atoms with E-state index in [-0.39, 0.29) is 12.4 Å². The van der Waals surface area contributed by atoms with Gasteiger partial charge in [-0.3, -0.25) is 5.10 Å². The summed E-state index contributed by atoms with van der Waals surface area (Å²) >= 11 is 0. The highest BCUT2D eigenvalue weighted by Crippen LogP contribution is 2.27. The van der Waals surface area contributed by atoms with Crippen molar-refractivity contribution < 1.29 is 17.6 Å². The molecule has 0 aliphatic carbocycles. The molecule has 0 spiro atoms. The molecule has 0 saturated carbocycles. The van der Waals surface area contributed by atoms with Crippen molar-refractivity contribution in [2.24, 2.45) is 0 Å². The fourth-order valence-electron chi connectivity index (χ4n) is 3.08. The number of alkyl halides is 3. The Morgan fingerprint density at radius 2 is 1.68 bits per heavy atom. The van der Waals surface area contributed by atoms with Crippen molar-refractivity contribution in [3.8, 4) is 0 Å². The highest BCUT2D eigenvalue weighted by Gasteiger charge is 2.33. The molecule has 1 saturated heterocycles. The zero-order valence-corrected chi connectivity index (χ0v) is 14.7. The molecule has 1 aromatic carbocycles. The number of aromatic amines is 1. The molecule has 0 radical (unpaired) electrons. The van der Waals surface area contributed by atoms with E-state index in [9.17, 15) is 17.6 Å². The number of anilines is 2. The van der Waals surface area contributed by atoms with Crippen LogP contribution in [0.4, 0.5) is 29.2 Å². The van der Waals surface area contributed by atoms with Crippen LogP contribution in [-0.2, 0) is 12.7 Å².